The average Bonchev–Trinajstić information content (AvgIpc) is 3.04. The Balaban J connectivity index is 1.96. The Bertz CT molecular complexity index is 585. The van der Waals surface area contributed by atoms with Crippen molar-refractivity contribution >= 4 is 29.3 Å². The van der Waals surface area contributed by atoms with E-state index < -0.39 is 18.0 Å². The number of unbranched alkanes of at least 4 members (excludes halogenated alkanes) is 1. The van der Waals surface area contributed by atoms with E-state index in [1.165, 1.54) is 34.9 Å². The van der Waals surface area contributed by atoms with Crippen LogP contribution in [0.25, 0.3) is 0 Å². The molecule has 1 aromatic carbocycles. The van der Waals surface area contributed by atoms with Gasteiger partial charge in [-0.3, -0.25) is 9.59 Å². The van der Waals surface area contributed by atoms with Gasteiger partial charge in [-0.25, -0.2) is 4.39 Å². The zero-order chi connectivity index (χ0) is 17.5. The van der Waals surface area contributed by atoms with Gasteiger partial charge >= 0.3 is 0 Å². The molecular formula is C17H23FN2O3S. The summed E-state index contributed by atoms with van der Waals surface area (Å²) in [5.74, 6) is 0.0746. The number of ether oxygens (including phenoxy) is 1. The van der Waals surface area contributed by atoms with Crippen molar-refractivity contribution in [2.24, 2.45) is 0 Å². The second kappa shape index (κ2) is 9.03. The molecule has 0 aliphatic carbocycles. The Morgan fingerprint density at radius 1 is 1.50 bits per heavy atom. The topological polar surface area (TPSA) is 58.6 Å². The van der Waals surface area contributed by atoms with Gasteiger partial charge in [-0.2, -0.15) is 0 Å². The minimum Gasteiger partial charge on any atom is -0.369 e. The highest BCUT2D eigenvalue weighted by Gasteiger charge is 2.36. The number of amides is 2. The number of thioether (sulfide) groups is 1. The zero-order valence-corrected chi connectivity index (χ0v) is 14.8. The summed E-state index contributed by atoms with van der Waals surface area (Å²) in [5.41, 5.74) is 0.386. The number of nitrogens with one attached hydrogen (secondary N) is 1. The summed E-state index contributed by atoms with van der Waals surface area (Å²) in [6, 6.07) is 5.14. The quantitative estimate of drug-likeness (QED) is 0.765. The number of halogens is 1. The van der Waals surface area contributed by atoms with E-state index in [0.717, 1.165) is 12.8 Å². The van der Waals surface area contributed by atoms with Crippen molar-refractivity contribution in [3.63, 3.8) is 0 Å². The van der Waals surface area contributed by atoms with Crippen molar-refractivity contribution in [3.05, 3.63) is 30.1 Å². The van der Waals surface area contributed by atoms with Crippen LogP contribution in [0.15, 0.2) is 24.3 Å². The Morgan fingerprint density at radius 2 is 2.29 bits per heavy atom. The van der Waals surface area contributed by atoms with Crippen LogP contribution in [0.3, 0.4) is 0 Å². The lowest BCUT2D eigenvalue weighted by molar-refractivity contribution is -0.145. The lowest BCUT2D eigenvalue weighted by Gasteiger charge is -2.26. The van der Waals surface area contributed by atoms with Crippen molar-refractivity contribution in [2.75, 3.05) is 23.6 Å². The van der Waals surface area contributed by atoms with Crippen LogP contribution in [0.1, 0.15) is 26.7 Å². The molecule has 2 atom stereocenters. The third kappa shape index (κ3) is 4.95. The van der Waals surface area contributed by atoms with E-state index in [4.69, 9.17) is 4.74 Å². The Hall–Kier alpha value is -1.60. The van der Waals surface area contributed by atoms with Crippen LogP contribution in [-0.2, 0) is 14.3 Å². The highest BCUT2D eigenvalue weighted by Crippen LogP contribution is 2.23. The van der Waals surface area contributed by atoms with E-state index >= 15 is 0 Å². The summed E-state index contributed by atoms with van der Waals surface area (Å²) in [6.07, 6.45) is 1.33. The molecule has 2 unspecified atom stereocenters. The molecule has 7 heteroatoms. The number of carbonyl (C=O) groups is 2. The Labute approximate surface area is 145 Å². The maximum atomic E-state index is 13.2. The molecule has 1 aliphatic rings. The summed E-state index contributed by atoms with van der Waals surface area (Å²) in [6.45, 7) is 4.30. The molecule has 1 fully saturated rings. The van der Waals surface area contributed by atoms with Crippen molar-refractivity contribution < 1.29 is 18.7 Å². The van der Waals surface area contributed by atoms with Gasteiger partial charge in [0.2, 0.25) is 5.91 Å². The molecular weight excluding hydrogens is 331 g/mol. The molecule has 1 aliphatic heterocycles. The normalized spacial score (nSPS) is 18.5. The minimum atomic E-state index is -0.570. The van der Waals surface area contributed by atoms with Crippen molar-refractivity contribution in [3.8, 4) is 0 Å². The summed E-state index contributed by atoms with van der Waals surface area (Å²) in [4.78, 5) is 26.5. The van der Waals surface area contributed by atoms with Crippen LogP contribution in [0.2, 0.25) is 0 Å². The van der Waals surface area contributed by atoms with Gasteiger partial charge < -0.3 is 15.0 Å². The van der Waals surface area contributed by atoms with E-state index in [-0.39, 0.29) is 11.8 Å². The first kappa shape index (κ1) is 18.7. The molecule has 5 nitrogen and oxygen atoms in total. The second-order valence-corrected chi connectivity index (χ2v) is 6.69. The summed E-state index contributed by atoms with van der Waals surface area (Å²) in [7, 11) is 0. The number of benzene rings is 1. The number of hydrogen-bond donors (Lipinski definition) is 1. The van der Waals surface area contributed by atoms with E-state index in [1.54, 1.807) is 13.0 Å². The van der Waals surface area contributed by atoms with Crippen LogP contribution in [0.4, 0.5) is 10.1 Å². The van der Waals surface area contributed by atoms with Crippen molar-refractivity contribution in [2.45, 2.75) is 38.8 Å². The van der Waals surface area contributed by atoms with E-state index in [0.29, 0.717) is 23.9 Å². The van der Waals surface area contributed by atoms with Crippen LogP contribution < -0.4 is 5.32 Å². The predicted octanol–water partition coefficient (Wildman–Crippen LogP) is 2.87. The first-order chi connectivity index (χ1) is 11.5. The van der Waals surface area contributed by atoms with Crippen molar-refractivity contribution in [1.29, 1.82) is 0 Å². The van der Waals surface area contributed by atoms with Gasteiger partial charge in [0.05, 0.1) is 5.88 Å². The van der Waals surface area contributed by atoms with Gasteiger partial charge in [-0.05, 0) is 31.5 Å². The van der Waals surface area contributed by atoms with Crippen LogP contribution >= 0.6 is 11.8 Å². The Morgan fingerprint density at radius 3 is 3.00 bits per heavy atom. The van der Waals surface area contributed by atoms with Gasteiger partial charge in [0.15, 0.2) is 0 Å². The number of nitrogens with zero attached hydrogens (tertiary/aromatic N) is 1. The Kier molecular flexibility index (Phi) is 7.05. The minimum absolute atomic E-state index is 0.185. The number of anilines is 1. The van der Waals surface area contributed by atoms with Gasteiger partial charge in [0.25, 0.3) is 5.91 Å². The molecule has 2 amide bonds. The molecule has 1 N–H and O–H groups in total. The molecule has 0 bridgehead atoms. The highest BCUT2D eigenvalue weighted by atomic mass is 32.2. The fourth-order valence-electron chi connectivity index (χ4n) is 2.38. The van der Waals surface area contributed by atoms with Crippen LogP contribution in [-0.4, -0.2) is 47.1 Å². The molecule has 0 spiro atoms. The molecule has 1 saturated heterocycles. The summed E-state index contributed by atoms with van der Waals surface area (Å²) >= 11 is 1.52. The molecule has 1 aromatic rings. The predicted molar refractivity (Wildman–Crippen MR) is 93.3 cm³/mol. The molecule has 2 rings (SSSR count). The number of rotatable bonds is 7. The second-order valence-electron chi connectivity index (χ2n) is 5.69. The van der Waals surface area contributed by atoms with Crippen molar-refractivity contribution in [1.82, 2.24) is 4.90 Å². The molecule has 0 radical (unpaired) electrons. The maximum Gasteiger partial charge on any atom is 0.252 e. The maximum absolute atomic E-state index is 13.2. The first-order valence-corrected chi connectivity index (χ1v) is 9.24. The molecule has 24 heavy (non-hydrogen) atoms. The zero-order valence-electron chi connectivity index (χ0n) is 14.0. The van der Waals surface area contributed by atoms with Crippen LogP contribution in [0, 0.1) is 5.82 Å². The number of hydrogen-bond acceptors (Lipinski definition) is 4. The van der Waals surface area contributed by atoms with E-state index in [2.05, 4.69) is 12.2 Å². The molecule has 0 aromatic heterocycles. The first-order valence-electron chi connectivity index (χ1n) is 8.09. The standard InChI is InChI=1S/C17H23FN2O3S/c1-3-4-8-23-12(2)17(22)20-11-24-10-15(20)16(21)19-14-7-5-6-13(18)9-14/h5-7,9,12,15H,3-4,8,10-11H2,1-2H3,(H,19,21). The van der Waals surface area contributed by atoms with Gasteiger partial charge in [0, 0.05) is 18.0 Å². The van der Waals surface area contributed by atoms with Gasteiger partial charge in [-0.1, -0.05) is 19.4 Å². The van der Waals surface area contributed by atoms with Gasteiger partial charge in [0.1, 0.15) is 18.0 Å². The van der Waals surface area contributed by atoms with Gasteiger partial charge in [-0.15, -0.1) is 11.8 Å². The average molecular weight is 354 g/mol. The monoisotopic (exact) mass is 354 g/mol. The lowest BCUT2D eigenvalue weighted by atomic mass is 10.2. The molecule has 0 saturated carbocycles. The summed E-state index contributed by atoms with van der Waals surface area (Å²) < 4.78 is 18.8. The largest absolute Gasteiger partial charge is 0.369 e. The third-order valence-corrected chi connectivity index (χ3v) is 4.79. The SMILES string of the molecule is CCCCOC(C)C(=O)N1CSCC1C(=O)Nc1cccc(F)c1. The van der Waals surface area contributed by atoms with Crippen LogP contribution in [0.5, 0.6) is 0 Å². The lowest BCUT2D eigenvalue weighted by Crippen LogP contribution is -2.48. The van der Waals surface area contributed by atoms with E-state index in [1.807, 2.05) is 0 Å². The number of carbonyl (C=O) groups excluding carboxylic acids is 2. The third-order valence-electron chi connectivity index (χ3n) is 3.77. The fraction of sp³-hybridized carbons (Fsp3) is 0.529. The molecule has 132 valence electrons. The summed E-state index contributed by atoms with van der Waals surface area (Å²) in [5, 5.41) is 2.67. The van der Waals surface area contributed by atoms with E-state index in [9.17, 15) is 14.0 Å². The fourth-order valence-corrected chi connectivity index (χ4v) is 3.54. The smallest absolute Gasteiger partial charge is 0.252 e. The molecule has 1 heterocycles. The highest BCUT2D eigenvalue weighted by molar-refractivity contribution is 7.99.